The number of aliphatic hydroxyl groups excluding tert-OH is 1. The van der Waals surface area contributed by atoms with E-state index in [4.69, 9.17) is 5.11 Å². The molecule has 2 saturated carbocycles. The van der Waals surface area contributed by atoms with Gasteiger partial charge in [-0.15, -0.1) is 11.3 Å². The summed E-state index contributed by atoms with van der Waals surface area (Å²) in [6.45, 7) is 1.70. The Bertz CT molecular complexity index is 532. The lowest BCUT2D eigenvalue weighted by Gasteiger charge is -2.22. The van der Waals surface area contributed by atoms with Gasteiger partial charge in [-0.05, 0) is 43.6 Å². The summed E-state index contributed by atoms with van der Waals surface area (Å²) in [5, 5.41) is 10.6. The van der Waals surface area contributed by atoms with E-state index in [2.05, 4.69) is 11.8 Å². The topological polar surface area (TPSA) is 40.5 Å². The predicted octanol–water partition coefficient (Wildman–Crippen LogP) is 2.35. The summed E-state index contributed by atoms with van der Waals surface area (Å²) in [7, 11) is 0. The first-order valence-corrected chi connectivity index (χ1v) is 8.11. The molecule has 2 aliphatic carbocycles. The van der Waals surface area contributed by atoms with E-state index in [0.29, 0.717) is 0 Å². The van der Waals surface area contributed by atoms with Crippen LogP contribution in [0.4, 0.5) is 0 Å². The van der Waals surface area contributed by atoms with Gasteiger partial charge in [0.05, 0.1) is 10.4 Å². The lowest BCUT2D eigenvalue weighted by molar-refractivity contribution is 0.0740. The quantitative estimate of drug-likeness (QED) is 0.845. The van der Waals surface area contributed by atoms with Gasteiger partial charge in [-0.25, -0.2) is 0 Å². The minimum atomic E-state index is -0.142. The van der Waals surface area contributed by atoms with Gasteiger partial charge in [0.2, 0.25) is 0 Å². The van der Waals surface area contributed by atoms with Crippen LogP contribution in [0, 0.1) is 23.7 Å². The molecule has 0 unspecified atom stereocenters. The van der Waals surface area contributed by atoms with Crippen LogP contribution in [0.1, 0.15) is 40.9 Å². The summed E-state index contributed by atoms with van der Waals surface area (Å²) in [5.41, 5.74) is 0.749. The second-order valence-corrected chi connectivity index (χ2v) is 6.67. The molecule has 0 spiro atoms. The molecule has 1 N–H and O–H groups in total. The Balaban J connectivity index is 1.68. The molecule has 0 bridgehead atoms. The van der Waals surface area contributed by atoms with Crippen molar-refractivity contribution in [1.82, 2.24) is 4.90 Å². The molecule has 4 heteroatoms. The average molecular weight is 289 g/mol. The van der Waals surface area contributed by atoms with E-state index in [-0.39, 0.29) is 12.5 Å². The van der Waals surface area contributed by atoms with E-state index in [1.54, 1.807) is 0 Å². The molecule has 3 nitrogen and oxygen atoms in total. The van der Waals surface area contributed by atoms with Crippen LogP contribution in [-0.4, -0.2) is 35.6 Å². The fourth-order valence-electron chi connectivity index (χ4n) is 2.29. The van der Waals surface area contributed by atoms with E-state index in [1.807, 2.05) is 16.3 Å². The third-order valence-electron chi connectivity index (χ3n) is 3.78. The zero-order valence-corrected chi connectivity index (χ0v) is 12.3. The van der Waals surface area contributed by atoms with Crippen molar-refractivity contribution in [1.29, 1.82) is 0 Å². The molecule has 1 aromatic rings. The number of rotatable bonds is 5. The number of aliphatic hydroxyl groups is 1. The molecular weight excluding hydrogens is 270 g/mol. The molecule has 3 rings (SSSR count). The highest BCUT2D eigenvalue weighted by molar-refractivity contribution is 7.10. The molecule has 0 aromatic carbocycles. The second-order valence-electron chi connectivity index (χ2n) is 5.76. The molecule has 0 atom stereocenters. The van der Waals surface area contributed by atoms with Gasteiger partial charge < -0.3 is 10.0 Å². The maximum atomic E-state index is 12.6. The van der Waals surface area contributed by atoms with Crippen LogP contribution in [0.5, 0.6) is 0 Å². The largest absolute Gasteiger partial charge is 0.384 e. The number of carbonyl (C=O) groups excluding carboxylic acids is 1. The first-order valence-electron chi connectivity index (χ1n) is 7.24. The van der Waals surface area contributed by atoms with Gasteiger partial charge in [0, 0.05) is 18.5 Å². The van der Waals surface area contributed by atoms with Crippen molar-refractivity contribution in [3.8, 4) is 11.8 Å². The van der Waals surface area contributed by atoms with Gasteiger partial charge in [0.1, 0.15) is 6.61 Å². The maximum Gasteiger partial charge on any atom is 0.254 e. The Labute approximate surface area is 123 Å². The van der Waals surface area contributed by atoms with Crippen molar-refractivity contribution < 1.29 is 9.90 Å². The summed E-state index contributed by atoms with van der Waals surface area (Å²) in [6.07, 6.45) is 5.08. The van der Waals surface area contributed by atoms with E-state index >= 15 is 0 Å². The molecule has 20 heavy (non-hydrogen) atoms. The highest BCUT2D eigenvalue weighted by Crippen LogP contribution is 2.34. The first kappa shape index (κ1) is 13.7. The van der Waals surface area contributed by atoms with Crippen LogP contribution >= 0.6 is 11.3 Å². The lowest BCUT2D eigenvalue weighted by atomic mass is 10.2. The van der Waals surface area contributed by atoms with Crippen molar-refractivity contribution in [2.24, 2.45) is 11.8 Å². The zero-order chi connectivity index (χ0) is 13.9. The number of amides is 1. The monoisotopic (exact) mass is 289 g/mol. The first-order chi connectivity index (χ1) is 9.76. The number of nitrogens with zero attached hydrogens (tertiary/aromatic N) is 1. The average Bonchev–Trinajstić information content (AvgIpc) is 3.37. The molecule has 2 aliphatic rings. The molecule has 0 aliphatic heterocycles. The smallest absolute Gasteiger partial charge is 0.254 e. The van der Waals surface area contributed by atoms with Gasteiger partial charge in [0.25, 0.3) is 5.91 Å². The second kappa shape index (κ2) is 5.99. The zero-order valence-electron chi connectivity index (χ0n) is 11.5. The Hall–Kier alpha value is -1.31. The standard InChI is InChI=1S/C16H19NO2S/c18-7-1-2-15-8-14(11-20-15)16(19)17(9-12-3-4-12)10-13-5-6-13/h8,11-13,18H,3-7,9-10H2. The minimum Gasteiger partial charge on any atom is -0.384 e. The van der Waals surface area contributed by atoms with Crippen molar-refractivity contribution in [3.05, 3.63) is 21.9 Å². The number of carbonyl (C=O) groups is 1. The summed E-state index contributed by atoms with van der Waals surface area (Å²) < 4.78 is 0. The molecule has 0 radical (unpaired) electrons. The molecular formula is C16H19NO2S. The summed E-state index contributed by atoms with van der Waals surface area (Å²) >= 11 is 1.47. The molecule has 1 amide bonds. The van der Waals surface area contributed by atoms with E-state index in [0.717, 1.165) is 35.4 Å². The molecule has 106 valence electrons. The van der Waals surface area contributed by atoms with Crippen LogP contribution in [0.25, 0.3) is 0 Å². The highest BCUT2D eigenvalue weighted by atomic mass is 32.1. The van der Waals surface area contributed by atoms with Crippen molar-refractivity contribution in [2.45, 2.75) is 25.7 Å². The van der Waals surface area contributed by atoms with Crippen molar-refractivity contribution >= 4 is 17.2 Å². The molecule has 1 aromatic heterocycles. The Morgan fingerprint density at radius 3 is 2.50 bits per heavy atom. The lowest BCUT2D eigenvalue weighted by Crippen LogP contribution is -2.34. The van der Waals surface area contributed by atoms with Crippen molar-refractivity contribution in [2.75, 3.05) is 19.7 Å². The highest BCUT2D eigenvalue weighted by Gasteiger charge is 2.32. The van der Waals surface area contributed by atoms with Gasteiger partial charge in [-0.3, -0.25) is 4.79 Å². The van der Waals surface area contributed by atoms with E-state index < -0.39 is 0 Å². The summed E-state index contributed by atoms with van der Waals surface area (Å²) in [6, 6.07) is 1.85. The predicted molar refractivity (Wildman–Crippen MR) is 79.6 cm³/mol. The summed E-state index contributed by atoms with van der Waals surface area (Å²) in [4.78, 5) is 15.5. The maximum absolute atomic E-state index is 12.6. The number of hydrogen-bond acceptors (Lipinski definition) is 3. The van der Waals surface area contributed by atoms with Crippen LogP contribution in [0.15, 0.2) is 11.4 Å². The minimum absolute atomic E-state index is 0.142. The van der Waals surface area contributed by atoms with Gasteiger partial charge in [0.15, 0.2) is 0 Å². The van der Waals surface area contributed by atoms with E-state index in [1.165, 1.54) is 37.0 Å². The molecule has 1 heterocycles. The van der Waals surface area contributed by atoms with Gasteiger partial charge in [-0.1, -0.05) is 11.8 Å². The fraction of sp³-hybridized carbons (Fsp3) is 0.562. The Morgan fingerprint density at radius 1 is 1.30 bits per heavy atom. The molecule has 0 saturated heterocycles. The third-order valence-corrected chi connectivity index (χ3v) is 4.62. The SMILES string of the molecule is O=C(c1csc(C#CCO)c1)N(CC1CC1)CC1CC1. The Kier molecular flexibility index (Phi) is 4.09. The van der Waals surface area contributed by atoms with Gasteiger partial charge in [-0.2, -0.15) is 0 Å². The van der Waals surface area contributed by atoms with Crippen molar-refractivity contribution in [3.63, 3.8) is 0 Å². The fourth-order valence-corrected chi connectivity index (χ4v) is 3.04. The van der Waals surface area contributed by atoms with E-state index in [9.17, 15) is 4.79 Å². The van der Waals surface area contributed by atoms with Crippen LogP contribution in [-0.2, 0) is 0 Å². The van der Waals surface area contributed by atoms with Gasteiger partial charge >= 0.3 is 0 Å². The normalized spacial score (nSPS) is 17.4. The Morgan fingerprint density at radius 2 is 1.95 bits per heavy atom. The van der Waals surface area contributed by atoms with Crippen LogP contribution < -0.4 is 0 Å². The number of thiophene rings is 1. The molecule has 2 fully saturated rings. The third kappa shape index (κ3) is 3.62. The number of hydrogen-bond donors (Lipinski definition) is 1. The summed E-state index contributed by atoms with van der Waals surface area (Å²) in [5.74, 6) is 7.09. The van der Waals surface area contributed by atoms with Crippen LogP contribution in [0.2, 0.25) is 0 Å². The van der Waals surface area contributed by atoms with Crippen LogP contribution in [0.3, 0.4) is 0 Å².